The first-order valence-electron chi connectivity index (χ1n) is 7.11. The van der Waals surface area contributed by atoms with Crippen LogP contribution in [0.5, 0.6) is 5.75 Å². The fraction of sp³-hybridized carbons (Fsp3) is 0.294. The molecule has 0 heterocycles. The van der Waals surface area contributed by atoms with Crippen LogP contribution in [0.25, 0.3) is 10.8 Å². The molecule has 1 unspecified atom stereocenters. The summed E-state index contributed by atoms with van der Waals surface area (Å²) in [7, 11) is 0. The normalized spacial score (nSPS) is 18.7. The van der Waals surface area contributed by atoms with Crippen LogP contribution in [-0.4, -0.2) is 23.0 Å². The third-order valence-corrected chi connectivity index (χ3v) is 3.87. The number of carbonyl (C=O) groups excluding carboxylic acids is 2. The Morgan fingerprint density at radius 1 is 1.14 bits per heavy atom. The minimum absolute atomic E-state index is 0.0325. The molecule has 1 atom stereocenters. The third-order valence-electron chi connectivity index (χ3n) is 3.87. The van der Waals surface area contributed by atoms with E-state index in [4.69, 9.17) is 4.74 Å². The Bertz CT molecular complexity index is 705. The number of esters is 1. The van der Waals surface area contributed by atoms with Crippen molar-refractivity contribution in [3.63, 3.8) is 0 Å². The summed E-state index contributed by atoms with van der Waals surface area (Å²) >= 11 is 0. The van der Waals surface area contributed by atoms with E-state index in [-0.39, 0.29) is 17.1 Å². The lowest BCUT2D eigenvalue weighted by molar-refractivity contribution is -0.129. The summed E-state index contributed by atoms with van der Waals surface area (Å²) in [5.41, 5.74) is 0.104. The second-order valence-electron chi connectivity index (χ2n) is 5.29. The molecule has 1 saturated carbocycles. The number of carbonyl (C=O) groups is 2. The van der Waals surface area contributed by atoms with Crippen molar-refractivity contribution in [2.45, 2.75) is 31.8 Å². The van der Waals surface area contributed by atoms with E-state index in [1.807, 2.05) is 12.1 Å². The second-order valence-corrected chi connectivity index (χ2v) is 5.29. The zero-order chi connectivity index (χ0) is 14.8. The van der Waals surface area contributed by atoms with Crippen molar-refractivity contribution in [2.24, 2.45) is 0 Å². The van der Waals surface area contributed by atoms with Crippen LogP contribution in [0.4, 0.5) is 0 Å². The Labute approximate surface area is 122 Å². The Kier molecular flexibility index (Phi) is 3.60. The molecule has 4 nitrogen and oxygen atoms in total. The van der Waals surface area contributed by atoms with Crippen LogP contribution in [-0.2, 0) is 9.53 Å². The van der Waals surface area contributed by atoms with E-state index in [0.717, 1.165) is 18.2 Å². The highest BCUT2D eigenvalue weighted by Crippen LogP contribution is 2.30. The van der Waals surface area contributed by atoms with Gasteiger partial charge in [0.05, 0.1) is 0 Å². The van der Waals surface area contributed by atoms with Crippen LogP contribution in [0.3, 0.4) is 0 Å². The zero-order valence-corrected chi connectivity index (χ0v) is 11.5. The number of phenolic OH excluding ortho intramolecular Hbond substituents is 1. The van der Waals surface area contributed by atoms with Crippen LogP contribution in [0, 0.1) is 0 Å². The highest BCUT2D eigenvalue weighted by atomic mass is 16.5. The number of ether oxygens (including phenoxy) is 1. The van der Waals surface area contributed by atoms with Gasteiger partial charge in [-0.2, -0.15) is 0 Å². The first kappa shape index (κ1) is 13.6. The van der Waals surface area contributed by atoms with E-state index in [2.05, 4.69) is 0 Å². The molecular weight excluding hydrogens is 268 g/mol. The molecule has 0 aliphatic heterocycles. The zero-order valence-electron chi connectivity index (χ0n) is 11.5. The van der Waals surface area contributed by atoms with Crippen molar-refractivity contribution < 1.29 is 19.4 Å². The second kappa shape index (κ2) is 5.56. The van der Waals surface area contributed by atoms with Crippen molar-refractivity contribution in [1.29, 1.82) is 0 Å². The van der Waals surface area contributed by atoms with Gasteiger partial charge < -0.3 is 9.84 Å². The lowest BCUT2D eigenvalue weighted by Gasteiger charge is -2.21. The molecule has 0 bridgehead atoms. The average Bonchev–Trinajstić information content (AvgIpc) is 2.50. The van der Waals surface area contributed by atoms with Crippen molar-refractivity contribution in [3.8, 4) is 5.75 Å². The molecule has 2 aromatic carbocycles. The number of rotatable bonds is 2. The van der Waals surface area contributed by atoms with Gasteiger partial charge in [-0.15, -0.1) is 0 Å². The summed E-state index contributed by atoms with van der Waals surface area (Å²) in [6.07, 6.45) is 2.10. The van der Waals surface area contributed by atoms with Crippen LogP contribution >= 0.6 is 0 Å². The van der Waals surface area contributed by atoms with E-state index < -0.39 is 12.1 Å². The number of fused-ring (bicyclic) bond motifs is 1. The quantitative estimate of drug-likeness (QED) is 0.860. The Morgan fingerprint density at radius 2 is 1.95 bits per heavy atom. The average molecular weight is 284 g/mol. The lowest BCUT2D eigenvalue weighted by Crippen LogP contribution is -2.30. The maximum atomic E-state index is 12.2. The van der Waals surface area contributed by atoms with E-state index in [1.54, 1.807) is 18.2 Å². The third kappa shape index (κ3) is 2.61. The molecular formula is C17H16O4. The molecule has 0 spiro atoms. The fourth-order valence-electron chi connectivity index (χ4n) is 2.69. The highest BCUT2D eigenvalue weighted by Gasteiger charge is 2.27. The summed E-state index contributed by atoms with van der Waals surface area (Å²) in [4.78, 5) is 23.9. The molecule has 1 fully saturated rings. The first-order valence-corrected chi connectivity index (χ1v) is 7.11. The molecule has 1 aliphatic rings. The van der Waals surface area contributed by atoms with Gasteiger partial charge in [0.2, 0.25) is 0 Å². The van der Waals surface area contributed by atoms with Gasteiger partial charge in [-0.25, -0.2) is 4.79 Å². The predicted octanol–water partition coefficient (Wildman–Crippen LogP) is 3.21. The number of hydrogen-bond acceptors (Lipinski definition) is 4. The van der Waals surface area contributed by atoms with Crippen molar-refractivity contribution in [2.75, 3.05) is 0 Å². The number of ketones is 1. The molecule has 4 heteroatoms. The van der Waals surface area contributed by atoms with Gasteiger partial charge in [0.15, 0.2) is 11.9 Å². The van der Waals surface area contributed by atoms with E-state index in [1.165, 1.54) is 6.07 Å². The number of aromatic hydroxyl groups is 1. The SMILES string of the molecule is O=C(OC1CCCCC1=O)c1ccc2ccccc2c1O. The number of benzene rings is 2. The predicted molar refractivity (Wildman–Crippen MR) is 78.3 cm³/mol. The smallest absolute Gasteiger partial charge is 0.342 e. The summed E-state index contributed by atoms with van der Waals surface area (Å²) in [5, 5.41) is 11.7. The first-order chi connectivity index (χ1) is 10.2. The van der Waals surface area contributed by atoms with Crippen molar-refractivity contribution >= 4 is 22.5 Å². The van der Waals surface area contributed by atoms with Gasteiger partial charge in [0.1, 0.15) is 11.3 Å². The largest absolute Gasteiger partial charge is 0.506 e. The van der Waals surface area contributed by atoms with Gasteiger partial charge in [-0.3, -0.25) is 4.79 Å². The molecule has 0 aromatic heterocycles. The van der Waals surface area contributed by atoms with E-state index in [9.17, 15) is 14.7 Å². The summed E-state index contributed by atoms with van der Waals surface area (Å²) < 4.78 is 5.27. The maximum Gasteiger partial charge on any atom is 0.342 e. The molecule has 0 amide bonds. The molecule has 1 aliphatic carbocycles. The summed E-state index contributed by atoms with van der Waals surface area (Å²) in [6, 6.07) is 10.5. The minimum Gasteiger partial charge on any atom is -0.506 e. The molecule has 3 rings (SSSR count). The molecule has 108 valence electrons. The number of hydrogen-bond donors (Lipinski definition) is 1. The van der Waals surface area contributed by atoms with E-state index in [0.29, 0.717) is 18.2 Å². The maximum absolute atomic E-state index is 12.2. The van der Waals surface area contributed by atoms with Gasteiger partial charge in [0, 0.05) is 11.8 Å². The monoisotopic (exact) mass is 284 g/mol. The Morgan fingerprint density at radius 3 is 2.76 bits per heavy atom. The van der Waals surface area contributed by atoms with E-state index >= 15 is 0 Å². The highest BCUT2D eigenvalue weighted by molar-refractivity contribution is 6.02. The Balaban J connectivity index is 1.87. The molecule has 0 radical (unpaired) electrons. The van der Waals surface area contributed by atoms with Crippen molar-refractivity contribution in [3.05, 3.63) is 42.0 Å². The van der Waals surface area contributed by atoms with Gasteiger partial charge >= 0.3 is 5.97 Å². The minimum atomic E-state index is -0.669. The standard InChI is InChI=1S/C17H16O4/c18-14-7-3-4-8-15(14)21-17(20)13-10-9-11-5-1-2-6-12(11)16(13)19/h1-2,5-6,9-10,15,19H,3-4,7-8H2. The molecule has 0 saturated heterocycles. The van der Waals surface area contributed by atoms with Crippen LogP contribution in [0.15, 0.2) is 36.4 Å². The molecule has 2 aromatic rings. The summed E-state index contributed by atoms with van der Waals surface area (Å²) in [6.45, 7) is 0. The van der Waals surface area contributed by atoms with Gasteiger partial charge in [0.25, 0.3) is 0 Å². The van der Waals surface area contributed by atoms with Crippen molar-refractivity contribution in [1.82, 2.24) is 0 Å². The lowest BCUT2D eigenvalue weighted by atomic mass is 9.96. The van der Waals surface area contributed by atoms with Crippen LogP contribution in [0.2, 0.25) is 0 Å². The van der Waals surface area contributed by atoms with Gasteiger partial charge in [-0.05, 0) is 30.7 Å². The number of phenols is 1. The fourth-order valence-corrected chi connectivity index (χ4v) is 2.69. The number of Topliss-reactive ketones (excluding diaryl/α,β-unsaturated/α-hetero) is 1. The topological polar surface area (TPSA) is 63.6 Å². The Hall–Kier alpha value is -2.36. The molecule has 1 N–H and O–H groups in total. The summed E-state index contributed by atoms with van der Waals surface area (Å²) in [5.74, 6) is -0.769. The van der Waals surface area contributed by atoms with Crippen LogP contribution < -0.4 is 0 Å². The van der Waals surface area contributed by atoms with Gasteiger partial charge in [-0.1, -0.05) is 30.3 Å². The molecule has 21 heavy (non-hydrogen) atoms. The van der Waals surface area contributed by atoms with Crippen LogP contribution in [0.1, 0.15) is 36.0 Å².